The first-order valence-corrected chi connectivity index (χ1v) is 9.62. The van der Waals surface area contributed by atoms with Crippen LogP contribution >= 0.6 is 23.2 Å². The van der Waals surface area contributed by atoms with Gasteiger partial charge in [-0.3, -0.25) is 4.98 Å². The summed E-state index contributed by atoms with van der Waals surface area (Å²) in [5, 5.41) is 1.44. The molecule has 3 aromatic rings. The molecule has 5 nitrogen and oxygen atoms in total. The molecule has 1 aromatic heterocycles. The van der Waals surface area contributed by atoms with Gasteiger partial charge in [0.25, 0.3) is 0 Å². The van der Waals surface area contributed by atoms with Crippen molar-refractivity contribution in [3.8, 4) is 5.75 Å². The Bertz CT molecular complexity index is 1010. The Balaban J connectivity index is 1.58. The molecule has 0 amide bonds. The predicted octanol–water partition coefficient (Wildman–Crippen LogP) is 3.90. The van der Waals surface area contributed by atoms with E-state index in [9.17, 15) is 8.42 Å². The van der Waals surface area contributed by atoms with Crippen LogP contribution in [0.4, 0.5) is 0 Å². The summed E-state index contributed by atoms with van der Waals surface area (Å²) in [6.45, 7) is 0.306. The number of hydrogen-bond donors (Lipinski definition) is 1. The Morgan fingerprint density at radius 2 is 1.88 bits per heavy atom. The highest BCUT2D eigenvalue weighted by Gasteiger charge is 2.14. The van der Waals surface area contributed by atoms with Crippen LogP contribution in [-0.4, -0.2) is 26.6 Å². The summed E-state index contributed by atoms with van der Waals surface area (Å²) >= 11 is 11.7. The lowest BCUT2D eigenvalue weighted by Crippen LogP contribution is -2.28. The maximum atomic E-state index is 12.2. The summed E-state index contributed by atoms with van der Waals surface area (Å²) < 4.78 is 32.5. The number of benzene rings is 2. The molecule has 130 valence electrons. The molecule has 25 heavy (non-hydrogen) atoms. The molecule has 3 rings (SSSR count). The zero-order chi connectivity index (χ0) is 17.9. The van der Waals surface area contributed by atoms with Gasteiger partial charge in [0.1, 0.15) is 12.4 Å². The summed E-state index contributed by atoms with van der Waals surface area (Å²) in [6, 6.07) is 13.4. The van der Waals surface area contributed by atoms with E-state index in [1.165, 1.54) is 18.2 Å². The Morgan fingerprint density at radius 1 is 1.04 bits per heavy atom. The summed E-state index contributed by atoms with van der Waals surface area (Å²) in [4.78, 5) is 4.28. The number of sulfonamides is 1. The molecule has 0 fully saturated rings. The molecular weight excluding hydrogens is 383 g/mol. The van der Waals surface area contributed by atoms with E-state index < -0.39 is 10.0 Å². The number of ether oxygens (including phenoxy) is 1. The van der Waals surface area contributed by atoms with Gasteiger partial charge >= 0.3 is 0 Å². The minimum atomic E-state index is -3.67. The Morgan fingerprint density at radius 3 is 2.68 bits per heavy atom. The van der Waals surface area contributed by atoms with Crippen LogP contribution < -0.4 is 9.46 Å². The number of fused-ring (bicyclic) bond motifs is 1. The van der Waals surface area contributed by atoms with Gasteiger partial charge in [-0.1, -0.05) is 29.3 Å². The average Bonchev–Trinajstić information content (AvgIpc) is 2.61. The number of halogens is 2. The van der Waals surface area contributed by atoms with Gasteiger partial charge in [0.15, 0.2) is 0 Å². The van der Waals surface area contributed by atoms with E-state index in [2.05, 4.69) is 9.71 Å². The van der Waals surface area contributed by atoms with Crippen molar-refractivity contribution in [1.82, 2.24) is 9.71 Å². The lowest BCUT2D eigenvalue weighted by atomic mass is 10.2. The third kappa shape index (κ3) is 4.41. The van der Waals surface area contributed by atoms with E-state index in [-0.39, 0.29) is 23.1 Å². The fourth-order valence-corrected chi connectivity index (χ4v) is 3.62. The topological polar surface area (TPSA) is 68.3 Å². The van der Waals surface area contributed by atoms with E-state index in [0.29, 0.717) is 10.8 Å². The molecule has 0 saturated heterocycles. The third-order valence-electron chi connectivity index (χ3n) is 3.44. The SMILES string of the molecule is O=S(=O)(NCCOc1ccc2ncccc2c1)c1ccc(Cl)c(Cl)c1. The normalized spacial score (nSPS) is 11.6. The zero-order valence-electron chi connectivity index (χ0n) is 12.9. The van der Waals surface area contributed by atoms with Crippen LogP contribution in [0.2, 0.25) is 10.0 Å². The summed E-state index contributed by atoms with van der Waals surface area (Å²) in [5.41, 5.74) is 0.871. The molecule has 1 N–H and O–H groups in total. The Hall–Kier alpha value is -1.86. The van der Waals surface area contributed by atoms with Crippen molar-refractivity contribution in [2.75, 3.05) is 13.2 Å². The van der Waals surface area contributed by atoms with Crippen molar-refractivity contribution < 1.29 is 13.2 Å². The molecule has 8 heteroatoms. The van der Waals surface area contributed by atoms with Gasteiger partial charge in [0, 0.05) is 18.1 Å². The number of nitrogens with zero attached hydrogens (tertiary/aromatic N) is 1. The second-order valence-electron chi connectivity index (χ2n) is 5.18. The highest BCUT2D eigenvalue weighted by atomic mass is 35.5. The lowest BCUT2D eigenvalue weighted by molar-refractivity contribution is 0.323. The maximum Gasteiger partial charge on any atom is 0.240 e. The van der Waals surface area contributed by atoms with Gasteiger partial charge in [-0.2, -0.15) is 0 Å². The van der Waals surface area contributed by atoms with Crippen LogP contribution in [-0.2, 0) is 10.0 Å². The molecule has 2 aromatic carbocycles. The quantitative estimate of drug-likeness (QED) is 0.641. The number of rotatable bonds is 6. The van der Waals surface area contributed by atoms with E-state index >= 15 is 0 Å². The first kappa shape index (κ1) is 17.9. The second-order valence-corrected chi connectivity index (χ2v) is 7.76. The minimum absolute atomic E-state index is 0.0543. The fourth-order valence-electron chi connectivity index (χ4n) is 2.22. The first-order valence-electron chi connectivity index (χ1n) is 7.38. The summed E-state index contributed by atoms with van der Waals surface area (Å²) in [6.07, 6.45) is 1.72. The van der Waals surface area contributed by atoms with Crippen LogP contribution in [0.5, 0.6) is 5.75 Å². The maximum absolute atomic E-state index is 12.2. The predicted molar refractivity (Wildman–Crippen MR) is 98.9 cm³/mol. The zero-order valence-corrected chi connectivity index (χ0v) is 15.3. The van der Waals surface area contributed by atoms with Crippen LogP contribution in [0.15, 0.2) is 59.6 Å². The molecule has 0 radical (unpaired) electrons. The molecule has 0 aliphatic rings. The van der Waals surface area contributed by atoms with Crippen LogP contribution in [0.1, 0.15) is 0 Å². The van der Waals surface area contributed by atoms with Gasteiger partial charge in [-0.05, 0) is 42.5 Å². The smallest absolute Gasteiger partial charge is 0.240 e. The largest absolute Gasteiger partial charge is 0.492 e. The van der Waals surface area contributed by atoms with E-state index in [0.717, 1.165) is 10.9 Å². The van der Waals surface area contributed by atoms with Crippen molar-refractivity contribution in [3.63, 3.8) is 0 Å². The van der Waals surface area contributed by atoms with E-state index in [1.807, 2.05) is 24.3 Å². The van der Waals surface area contributed by atoms with E-state index in [1.54, 1.807) is 12.3 Å². The van der Waals surface area contributed by atoms with Crippen molar-refractivity contribution in [2.45, 2.75) is 4.90 Å². The molecule has 0 unspecified atom stereocenters. The van der Waals surface area contributed by atoms with Gasteiger partial charge in [0.05, 0.1) is 20.5 Å². The van der Waals surface area contributed by atoms with Crippen LogP contribution in [0.3, 0.4) is 0 Å². The Kier molecular flexibility index (Phi) is 5.44. The molecule has 0 aliphatic carbocycles. The third-order valence-corrected chi connectivity index (χ3v) is 5.64. The van der Waals surface area contributed by atoms with Crippen LogP contribution in [0.25, 0.3) is 10.9 Å². The van der Waals surface area contributed by atoms with Gasteiger partial charge in [0.2, 0.25) is 10.0 Å². The second kappa shape index (κ2) is 7.58. The first-order chi connectivity index (χ1) is 12.0. The molecule has 0 aliphatic heterocycles. The highest BCUT2D eigenvalue weighted by Crippen LogP contribution is 2.24. The molecule has 0 bridgehead atoms. The van der Waals surface area contributed by atoms with Gasteiger partial charge < -0.3 is 4.74 Å². The lowest BCUT2D eigenvalue weighted by Gasteiger charge is -2.09. The van der Waals surface area contributed by atoms with Crippen LogP contribution in [0, 0.1) is 0 Å². The van der Waals surface area contributed by atoms with Crippen molar-refractivity contribution in [1.29, 1.82) is 0 Å². The highest BCUT2D eigenvalue weighted by molar-refractivity contribution is 7.89. The molecule has 0 atom stereocenters. The van der Waals surface area contributed by atoms with E-state index in [4.69, 9.17) is 27.9 Å². The van der Waals surface area contributed by atoms with Crippen molar-refractivity contribution in [3.05, 3.63) is 64.8 Å². The number of hydrogen-bond acceptors (Lipinski definition) is 4. The standard InChI is InChI=1S/C17H14Cl2N2O3S/c18-15-5-4-14(11-16(15)19)25(22,23)21-8-9-24-13-3-6-17-12(10-13)2-1-7-20-17/h1-7,10-11,21H,8-9H2. The summed E-state index contributed by atoms with van der Waals surface area (Å²) in [7, 11) is -3.67. The number of pyridine rings is 1. The number of aromatic nitrogens is 1. The fraction of sp³-hybridized carbons (Fsp3) is 0.118. The van der Waals surface area contributed by atoms with Gasteiger partial charge in [-0.15, -0.1) is 0 Å². The Labute approximate surface area is 155 Å². The molecule has 1 heterocycles. The molecule has 0 spiro atoms. The minimum Gasteiger partial charge on any atom is -0.492 e. The molecule has 0 saturated carbocycles. The van der Waals surface area contributed by atoms with Gasteiger partial charge in [-0.25, -0.2) is 13.1 Å². The van der Waals surface area contributed by atoms with Crippen molar-refractivity contribution >= 4 is 44.1 Å². The summed E-state index contributed by atoms with van der Waals surface area (Å²) in [5.74, 6) is 0.647. The monoisotopic (exact) mass is 396 g/mol. The number of nitrogens with one attached hydrogen (secondary N) is 1. The molecular formula is C17H14Cl2N2O3S. The average molecular weight is 397 g/mol. The van der Waals surface area contributed by atoms with Crippen molar-refractivity contribution in [2.24, 2.45) is 0 Å².